The summed E-state index contributed by atoms with van der Waals surface area (Å²) in [5, 5.41) is 5.11. The molecule has 9 nitrogen and oxygen atoms in total. The van der Waals surface area contributed by atoms with Gasteiger partial charge in [-0.05, 0) is 97.2 Å². The van der Waals surface area contributed by atoms with E-state index in [2.05, 4.69) is 11.8 Å². The van der Waals surface area contributed by atoms with Crippen LogP contribution in [0.25, 0.3) is 28.0 Å². The molecule has 2 atom stereocenters. The number of anilines is 1. The SMILES string of the molecule is CCOC(=O)[C@@H](OC(C)(C)C)c1c(C)nc2cc3nn2c1N1CCC(C)(CC1)OC/C=C/[C@H](C)Oc1ccc(F)cc1-c1cccc-3c1. The number of carbonyl (C=O) groups excluding carboxylic acids is 1. The minimum atomic E-state index is -1.02. The maximum absolute atomic E-state index is 14.6. The number of rotatable bonds is 4. The zero-order chi connectivity index (χ0) is 34.2. The normalized spacial score (nSPS) is 21.2. The summed E-state index contributed by atoms with van der Waals surface area (Å²) < 4.78 is 41.2. The Morgan fingerprint density at radius 3 is 2.60 bits per heavy atom. The number of hydrogen-bond acceptors (Lipinski definition) is 8. The van der Waals surface area contributed by atoms with Gasteiger partial charge in [0.1, 0.15) is 23.5 Å². The summed E-state index contributed by atoms with van der Waals surface area (Å²) in [6.45, 7) is 15.5. The van der Waals surface area contributed by atoms with Crippen LogP contribution >= 0.6 is 0 Å². The smallest absolute Gasteiger partial charge is 0.340 e. The zero-order valence-electron chi connectivity index (χ0n) is 28.9. The minimum Gasteiger partial charge on any atom is -0.486 e. The number of aryl methyl sites for hydroxylation is 1. The number of piperidine rings is 1. The van der Waals surface area contributed by atoms with Gasteiger partial charge in [0.25, 0.3) is 0 Å². The van der Waals surface area contributed by atoms with Crippen molar-refractivity contribution in [1.82, 2.24) is 14.6 Å². The third-order valence-electron chi connectivity index (χ3n) is 8.82. The van der Waals surface area contributed by atoms with Gasteiger partial charge in [0.15, 0.2) is 11.8 Å². The molecule has 6 bridgehead atoms. The summed E-state index contributed by atoms with van der Waals surface area (Å²) in [7, 11) is 0. The highest BCUT2D eigenvalue weighted by molar-refractivity contribution is 5.81. The molecule has 3 aliphatic heterocycles. The highest BCUT2D eigenvalue weighted by Crippen LogP contribution is 2.40. The first-order valence-electron chi connectivity index (χ1n) is 16.7. The van der Waals surface area contributed by atoms with Crippen LogP contribution in [-0.4, -0.2) is 64.2 Å². The van der Waals surface area contributed by atoms with E-state index in [9.17, 15) is 9.18 Å². The summed E-state index contributed by atoms with van der Waals surface area (Å²) in [4.78, 5) is 20.8. The fourth-order valence-electron chi connectivity index (χ4n) is 6.41. The van der Waals surface area contributed by atoms with Crippen LogP contribution in [0.3, 0.4) is 0 Å². The minimum absolute atomic E-state index is 0.222. The highest BCUT2D eigenvalue weighted by Gasteiger charge is 2.38. The van der Waals surface area contributed by atoms with E-state index in [-0.39, 0.29) is 24.1 Å². The molecule has 0 unspecified atom stereocenters. The van der Waals surface area contributed by atoms with E-state index < -0.39 is 17.7 Å². The van der Waals surface area contributed by atoms with Crippen LogP contribution in [-0.2, 0) is 19.0 Å². The number of carbonyl (C=O) groups is 1. The van der Waals surface area contributed by atoms with E-state index >= 15 is 0 Å². The van der Waals surface area contributed by atoms with Gasteiger partial charge in [-0.2, -0.15) is 9.61 Å². The first kappa shape index (κ1) is 33.6. The number of esters is 1. The van der Waals surface area contributed by atoms with Crippen molar-refractivity contribution >= 4 is 17.4 Å². The van der Waals surface area contributed by atoms with Crippen molar-refractivity contribution in [2.75, 3.05) is 31.2 Å². The second-order valence-corrected chi connectivity index (χ2v) is 13.8. The van der Waals surface area contributed by atoms with E-state index in [1.165, 1.54) is 12.1 Å². The molecular weight excluding hydrogens is 611 g/mol. The van der Waals surface area contributed by atoms with Crippen LogP contribution in [0.1, 0.15) is 71.7 Å². The molecule has 1 saturated heterocycles. The Kier molecular flexibility index (Phi) is 9.33. The van der Waals surface area contributed by atoms with Crippen LogP contribution in [0.5, 0.6) is 5.75 Å². The van der Waals surface area contributed by atoms with Crippen LogP contribution in [0, 0.1) is 12.7 Å². The van der Waals surface area contributed by atoms with Crippen molar-refractivity contribution in [2.45, 2.75) is 84.7 Å². The van der Waals surface area contributed by atoms with Gasteiger partial charge in [0, 0.05) is 36.0 Å². The maximum atomic E-state index is 14.6. The molecule has 2 aromatic carbocycles. The van der Waals surface area contributed by atoms with Gasteiger partial charge in [-0.15, -0.1) is 0 Å². The average Bonchev–Trinajstić information content (AvgIpc) is 3.46. The fraction of sp³-hybridized carbons (Fsp3) is 0.447. The Morgan fingerprint density at radius 1 is 1.12 bits per heavy atom. The Hall–Kier alpha value is -4.28. The monoisotopic (exact) mass is 656 g/mol. The Morgan fingerprint density at radius 2 is 1.88 bits per heavy atom. The lowest BCUT2D eigenvalue weighted by Gasteiger charge is -2.41. The van der Waals surface area contributed by atoms with E-state index in [0.717, 1.165) is 29.8 Å². The largest absolute Gasteiger partial charge is 0.486 e. The van der Waals surface area contributed by atoms with Gasteiger partial charge >= 0.3 is 5.97 Å². The van der Waals surface area contributed by atoms with Crippen molar-refractivity contribution in [1.29, 1.82) is 0 Å². The van der Waals surface area contributed by atoms with Gasteiger partial charge < -0.3 is 23.8 Å². The Bertz CT molecular complexity index is 1840. The topological polar surface area (TPSA) is 87.4 Å². The van der Waals surface area contributed by atoms with E-state index in [1.54, 1.807) is 13.0 Å². The van der Waals surface area contributed by atoms with Crippen molar-refractivity contribution in [2.24, 2.45) is 0 Å². The number of nitrogens with zero attached hydrogens (tertiary/aromatic N) is 4. The summed E-state index contributed by atoms with van der Waals surface area (Å²) in [6.07, 6.45) is 4.19. The summed E-state index contributed by atoms with van der Waals surface area (Å²) in [5.74, 6) is 0.499. The third kappa shape index (κ3) is 7.10. The molecule has 1 fully saturated rings. The third-order valence-corrected chi connectivity index (χ3v) is 8.82. The van der Waals surface area contributed by atoms with Crippen molar-refractivity contribution in [3.05, 3.63) is 77.8 Å². The molecule has 0 radical (unpaired) electrons. The second kappa shape index (κ2) is 13.3. The van der Waals surface area contributed by atoms with Gasteiger partial charge in [-0.3, -0.25) is 0 Å². The van der Waals surface area contributed by atoms with E-state index in [1.807, 2.05) is 81.6 Å². The van der Waals surface area contributed by atoms with Crippen molar-refractivity contribution < 1.29 is 28.1 Å². The van der Waals surface area contributed by atoms with Gasteiger partial charge in [0.05, 0.1) is 35.7 Å². The average molecular weight is 657 g/mol. The molecule has 7 rings (SSSR count). The molecule has 0 amide bonds. The predicted molar refractivity (Wildman–Crippen MR) is 184 cm³/mol. The lowest BCUT2D eigenvalue weighted by molar-refractivity contribution is -0.166. The number of aromatic nitrogens is 3. The quantitative estimate of drug-likeness (QED) is 0.164. The summed E-state index contributed by atoms with van der Waals surface area (Å²) in [6, 6.07) is 14.3. The van der Waals surface area contributed by atoms with Gasteiger partial charge in [-0.25, -0.2) is 14.2 Å². The van der Waals surface area contributed by atoms with Crippen LogP contribution in [0.2, 0.25) is 0 Å². The molecule has 0 saturated carbocycles. The maximum Gasteiger partial charge on any atom is 0.340 e. The van der Waals surface area contributed by atoms with Crippen molar-refractivity contribution in [3.8, 4) is 28.1 Å². The molecule has 254 valence electrons. The van der Waals surface area contributed by atoms with Crippen LogP contribution in [0.15, 0.2) is 60.7 Å². The van der Waals surface area contributed by atoms with Crippen LogP contribution < -0.4 is 9.64 Å². The number of ether oxygens (including phenoxy) is 4. The molecule has 10 heteroatoms. The molecule has 4 aromatic rings. The number of benzene rings is 2. The first-order valence-corrected chi connectivity index (χ1v) is 16.7. The number of halogens is 1. The molecule has 0 aliphatic carbocycles. The number of hydrogen-bond donors (Lipinski definition) is 0. The summed E-state index contributed by atoms with van der Waals surface area (Å²) >= 11 is 0. The second-order valence-electron chi connectivity index (χ2n) is 13.8. The molecule has 2 aromatic heterocycles. The molecular formula is C38H45FN4O5. The standard InChI is InChI=1S/C38H45FN4O5/c1-8-45-36(44)34(48-37(4,5)6)33-25(3)40-32-23-30-27-13-9-12-26(21-27)29-22-28(39)14-15-31(29)47-24(2)11-10-20-46-38(7)16-18-42(19-17-38)35(33)43(32)41-30/h9-15,21-24,34H,8,16-20H2,1-7H3/b11-10+/t24-,34-/m0/s1. The molecule has 0 N–H and O–H groups in total. The Balaban J connectivity index is 1.57. The molecule has 0 spiro atoms. The van der Waals surface area contributed by atoms with Crippen molar-refractivity contribution in [3.63, 3.8) is 0 Å². The molecule has 5 heterocycles. The van der Waals surface area contributed by atoms with Gasteiger partial charge in [-0.1, -0.05) is 24.3 Å². The summed E-state index contributed by atoms with van der Waals surface area (Å²) in [5.41, 5.74) is 3.88. The lowest BCUT2D eigenvalue weighted by atomic mass is 9.92. The van der Waals surface area contributed by atoms with E-state index in [0.29, 0.717) is 53.6 Å². The van der Waals surface area contributed by atoms with E-state index in [4.69, 9.17) is 29.0 Å². The lowest BCUT2D eigenvalue weighted by Crippen LogP contribution is -2.45. The predicted octanol–water partition coefficient (Wildman–Crippen LogP) is 7.64. The molecule has 48 heavy (non-hydrogen) atoms. The zero-order valence-corrected chi connectivity index (χ0v) is 28.9. The highest BCUT2D eigenvalue weighted by atomic mass is 19.1. The Labute approximate surface area is 281 Å². The molecule has 3 aliphatic rings. The number of fused-ring (bicyclic) bond motifs is 6. The van der Waals surface area contributed by atoms with Gasteiger partial charge in [0.2, 0.25) is 0 Å². The fourth-order valence-corrected chi connectivity index (χ4v) is 6.41. The van der Waals surface area contributed by atoms with Crippen LogP contribution in [0.4, 0.5) is 10.2 Å². The first-order chi connectivity index (χ1) is 22.8.